The minimum Gasteiger partial charge on any atom is -0.395 e. The number of anilines is 1. The van der Waals surface area contributed by atoms with Crippen molar-refractivity contribution in [1.29, 1.82) is 0 Å². The van der Waals surface area contributed by atoms with Crippen LogP contribution in [0.2, 0.25) is 0 Å². The monoisotopic (exact) mass is 353 g/mol. The summed E-state index contributed by atoms with van der Waals surface area (Å²) in [6, 6.07) is 4.16. The summed E-state index contributed by atoms with van der Waals surface area (Å²) in [4.78, 5) is 13.2. The Bertz CT molecular complexity index is 739. The summed E-state index contributed by atoms with van der Waals surface area (Å²) in [6.45, 7) is 0.0518. The number of hydrogen-bond acceptors (Lipinski definition) is 5. The van der Waals surface area contributed by atoms with Crippen LogP contribution in [0.3, 0.4) is 0 Å². The summed E-state index contributed by atoms with van der Waals surface area (Å²) < 4.78 is 57.3. The van der Waals surface area contributed by atoms with E-state index in [1.54, 1.807) is 0 Å². The van der Waals surface area contributed by atoms with E-state index < -0.39 is 27.2 Å². The second kappa shape index (κ2) is 4.95. The standard InChI is InChI=1S/C12H10ClF2NO5S/c13-22(18,19)6-7-4-10(17)16(5-7)8-2-1-3-9-11(8)21-12(14,15)20-9/h1-3,7H,4-6H2. The van der Waals surface area contributed by atoms with Gasteiger partial charge in [0.25, 0.3) is 0 Å². The van der Waals surface area contributed by atoms with Crippen molar-refractivity contribution in [3.05, 3.63) is 18.2 Å². The number of halogens is 3. The molecule has 1 fully saturated rings. The van der Waals surface area contributed by atoms with Crippen LogP contribution in [0.5, 0.6) is 11.5 Å². The quantitative estimate of drug-likeness (QED) is 0.776. The number of para-hydroxylation sites is 1. The van der Waals surface area contributed by atoms with Gasteiger partial charge in [0.05, 0.1) is 11.4 Å². The van der Waals surface area contributed by atoms with Crippen molar-refractivity contribution in [3.8, 4) is 11.5 Å². The molecule has 0 radical (unpaired) electrons. The molecule has 2 heterocycles. The Kier molecular flexibility index (Phi) is 3.44. The zero-order valence-corrected chi connectivity index (χ0v) is 12.5. The number of benzene rings is 1. The molecule has 0 bridgehead atoms. The highest BCUT2D eigenvalue weighted by atomic mass is 35.7. The first-order valence-corrected chi connectivity index (χ1v) is 8.74. The molecule has 6 nitrogen and oxygen atoms in total. The van der Waals surface area contributed by atoms with Gasteiger partial charge in [0.1, 0.15) is 0 Å². The number of fused-ring (bicyclic) bond motifs is 1. The predicted octanol–water partition coefficient (Wildman–Crippen LogP) is 1.93. The van der Waals surface area contributed by atoms with Gasteiger partial charge >= 0.3 is 6.29 Å². The molecule has 1 amide bonds. The zero-order valence-electron chi connectivity index (χ0n) is 11.0. The van der Waals surface area contributed by atoms with Gasteiger partial charge in [-0.3, -0.25) is 4.79 Å². The lowest BCUT2D eigenvalue weighted by atomic mass is 10.1. The normalized spacial score (nSPS) is 23.1. The number of hydrogen-bond donors (Lipinski definition) is 0. The molecule has 2 aliphatic heterocycles. The fourth-order valence-electron chi connectivity index (χ4n) is 2.57. The molecule has 1 unspecified atom stereocenters. The maximum Gasteiger partial charge on any atom is 0.586 e. The first-order chi connectivity index (χ1) is 10.1. The van der Waals surface area contributed by atoms with Crippen molar-refractivity contribution in [1.82, 2.24) is 0 Å². The molecule has 120 valence electrons. The van der Waals surface area contributed by atoms with Crippen molar-refractivity contribution in [2.45, 2.75) is 12.7 Å². The molecule has 2 aliphatic rings. The lowest BCUT2D eigenvalue weighted by molar-refractivity contribution is -0.286. The lowest BCUT2D eigenvalue weighted by Crippen LogP contribution is -2.28. The summed E-state index contributed by atoms with van der Waals surface area (Å²) in [5, 5.41) is 0. The van der Waals surface area contributed by atoms with Gasteiger partial charge in [-0.05, 0) is 12.1 Å². The molecule has 1 atom stereocenters. The summed E-state index contributed by atoms with van der Waals surface area (Å²) in [5.41, 5.74) is 0.120. The fourth-order valence-corrected chi connectivity index (χ4v) is 3.90. The van der Waals surface area contributed by atoms with Gasteiger partial charge in [0.2, 0.25) is 15.0 Å². The highest BCUT2D eigenvalue weighted by Crippen LogP contribution is 2.48. The van der Waals surface area contributed by atoms with E-state index >= 15 is 0 Å². The molecule has 0 aliphatic carbocycles. The maximum absolute atomic E-state index is 13.2. The van der Waals surface area contributed by atoms with E-state index in [1.807, 2.05) is 0 Å². The Morgan fingerprint density at radius 2 is 2.09 bits per heavy atom. The first kappa shape index (κ1) is 15.3. The molecule has 10 heteroatoms. The highest BCUT2D eigenvalue weighted by molar-refractivity contribution is 8.13. The Balaban J connectivity index is 1.88. The van der Waals surface area contributed by atoms with E-state index in [0.29, 0.717) is 0 Å². The Morgan fingerprint density at radius 3 is 2.77 bits per heavy atom. The van der Waals surface area contributed by atoms with Gasteiger partial charge in [-0.25, -0.2) is 8.42 Å². The topological polar surface area (TPSA) is 72.9 Å². The van der Waals surface area contributed by atoms with E-state index in [0.717, 1.165) is 0 Å². The Morgan fingerprint density at radius 1 is 1.36 bits per heavy atom. The molecule has 1 saturated heterocycles. The molecular formula is C12H10ClF2NO5S. The number of nitrogens with zero attached hydrogens (tertiary/aromatic N) is 1. The molecule has 0 aromatic heterocycles. The van der Waals surface area contributed by atoms with E-state index in [2.05, 4.69) is 9.47 Å². The third-order valence-corrected chi connectivity index (χ3v) is 4.59. The SMILES string of the molecule is O=C1CC(CS(=O)(=O)Cl)CN1c1cccc2c1OC(F)(F)O2. The van der Waals surface area contributed by atoms with Crippen LogP contribution >= 0.6 is 10.7 Å². The van der Waals surface area contributed by atoms with Crippen molar-refractivity contribution < 1.29 is 31.5 Å². The van der Waals surface area contributed by atoms with Crippen LogP contribution in [0.1, 0.15) is 6.42 Å². The molecule has 22 heavy (non-hydrogen) atoms. The van der Waals surface area contributed by atoms with Crippen molar-refractivity contribution in [3.63, 3.8) is 0 Å². The molecular weight excluding hydrogens is 344 g/mol. The maximum atomic E-state index is 13.2. The average Bonchev–Trinajstić information content (AvgIpc) is 2.84. The smallest absolute Gasteiger partial charge is 0.395 e. The minimum atomic E-state index is -3.79. The minimum absolute atomic E-state index is 0.0349. The van der Waals surface area contributed by atoms with Crippen LogP contribution in [0.15, 0.2) is 18.2 Å². The van der Waals surface area contributed by atoms with E-state index in [9.17, 15) is 22.0 Å². The summed E-state index contributed by atoms with van der Waals surface area (Å²) in [7, 11) is 1.44. The number of carbonyl (C=O) groups excluding carboxylic acids is 1. The van der Waals surface area contributed by atoms with E-state index in [-0.39, 0.29) is 35.9 Å². The zero-order chi connectivity index (χ0) is 16.1. The summed E-state index contributed by atoms with van der Waals surface area (Å²) >= 11 is 0. The number of ether oxygens (including phenoxy) is 2. The second-order valence-corrected chi connectivity index (χ2v) is 7.87. The van der Waals surface area contributed by atoms with Gasteiger partial charge in [0.15, 0.2) is 11.5 Å². The van der Waals surface area contributed by atoms with Crippen LogP contribution in [0.4, 0.5) is 14.5 Å². The highest BCUT2D eigenvalue weighted by Gasteiger charge is 2.46. The summed E-state index contributed by atoms with van der Waals surface area (Å²) in [5.74, 6) is -1.68. The van der Waals surface area contributed by atoms with Gasteiger partial charge in [-0.15, -0.1) is 8.78 Å². The Labute approximate surface area is 129 Å². The second-order valence-electron chi connectivity index (χ2n) is 5.05. The van der Waals surface area contributed by atoms with Gasteiger partial charge in [-0.2, -0.15) is 0 Å². The lowest BCUT2D eigenvalue weighted by Gasteiger charge is -2.18. The third kappa shape index (κ3) is 2.95. The van der Waals surface area contributed by atoms with Gasteiger partial charge in [0, 0.05) is 29.6 Å². The molecule has 0 spiro atoms. The van der Waals surface area contributed by atoms with Crippen LogP contribution < -0.4 is 14.4 Å². The fraction of sp³-hybridized carbons (Fsp3) is 0.417. The number of carbonyl (C=O) groups is 1. The van der Waals surface area contributed by atoms with Gasteiger partial charge in [-0.1, -0.05) is 6.07 Å². The van der Waals surface area contributed by atoms with E-state index in [1.165, 1.54) is 23.1 Å². The van der Waals surface area contributed by atoms with Crippen LogP contribution in [-0.4, -0.2) is 32.9 Å². The van der Waals surface area contributed by atoms with Crippen molar-refractivity contribution >= 4 is 31.3 Å². The number of rotatable bonds is 3. The van der Waals surface area contributed by atoms with E-state index in [4.69, 9.17) is 10.7 Å². The first-order valence-electron chi connectivity index (χ1n) is 6.26. The van der Waals surface area contributed by atoms with Gasteiger partial charge < -0.3 is 14.4 Å². The molecule has 0 saturated carbocycles. The number of amides is 1. The number of alkyl halides is 2. The average molecular weight is 354 g/mol. The molecule has 3 rings (SSSR count). The molecule has 1 aromatic carbocycles. The predicted molar refractivity (Wildman–Crippen MR) is 72.7 cm³/mol. The third-order valence-electron chi connectivity index (χ3n) is 3.34. The van der Waals surface area contributed by atoms with Crippen molar-refractivity contribution in [2.75, 3.05) is 17.2 Å². The Hall–Kier alpha value is -1.61. The molecule has 0 N–H and O–H groups in total. The van der Waals surface area contributed by atoms with Crippen LogP contribution in [0, 0.1) is 5.92 Å². The van der Waals surface area contributed by atoms with Crippen LogP contribution in [0.25, 0.3) is 0 Å². The largest absolute Gasteiger partial charge is 0.586 e. The van der Waals surface area contributed by atoms with Crippen molar-refractivity contribution in [2.24, 2.45) is 5.92 Å². The van der Waals surface area contributed by atoms with Crippen LogP contribution in [-0.2, 0) is 13.8 Å². The summed E-state index contributed by atoms with van der Waals surface area (Å²) in [6.07, 6.45) is -3.83. The molecule has 1 aromatic rings.